The Bertz CT molecular complexity index is 919. The van der Waals surface area contributed by atoms with E-state index < -0.39 is 42.0 Å². The summed E-state index contributed by atoms with van der Waals surface area (Å²) in [5.74, 6) is -0.302. The van der Waals surface area contributed by atoms with E-state index >= 15 is 0 Å². The number of benzene rings is 1. The molecule has 23 heavy (non-hydrogen) atoms. The summed E-state index contributed by atoms with van der Waals surface area (Å²) in [5, 5.41) is 0.647. The van der Waals surface area contributed by atoms with Gasteiger partial charge in [-0.05, 0) is 12.1 Å². The zero-order valence-corrected chi connectivity index (χ0v) is 12.4. The number of aromatic nitrogens is 2. The van der Waals surface area contributed by atoms with Crippen LogP contribution in [0.3, 0.4) is 0 Å². The molecule has 0 aliphatic carbocycles. The molecule has 8 nitrogen and oxygen atoms in total. The highest BCUT2D eigenvalue weighted by atomic mass is 32.2. The van der Waals surface area contributed by atoms with Crippen molar-refractivity contribution in [1.82, 2.24) is 10.2 Å². The van der Waals surface area contributed by atoms with E-state index in [-0.39, 0.29) is 5.75 Å². The van der Waals surface area contributed by atoms with Crippen LogP contribution < -0.4 is 4.18 Å². The third kappa shape index (κ3) is 3.62. The van der Waals surface area contributed by atoms with Crippen molar-refractivity contribution >= 4 is 20.2 Å². The maximum Gasteiger partial charge on any atom is 0.422 e. The first-order valence-corrected chi connectivity index (χ1v) is 8.40. The Kier molecular flexibility index (Phi) is 4.13. The van der Waals surface area contributed by atoms with Gasteiger partial charge in [0.1, 0.15) is 11.3 Å². The first-order valence-electron chi connectivity index (χ1n) is 5.55. The van der Waals surface area contributed by atoms with Gasteiger partial charge in [0, 0.05) is 0 Å². The molecule has 0 saturated heterocycles. The molecule has 0 spiro atoms. The van der Waals surface area contributed by atoms with Crippen molar-refractivity contribution in [2.75, 3.05) is 0 Å². The Morgan fingerprint density at radius 2 is 1.65 bits per heavy atom. The molecule has 0 aliphatic heterocycles. The van der Waals surface area contributed by atoms with Crippen LogP contribution in [0.2, 0.25) is 0 Å². The number of hydrogen-bond donors (Lipinski definition) is 2. The fourth-order valence-corrected chi connectivity index (χ4v) is 3.34. The average Bonchev–Trinajstić information content (AvgIpc) is 2.84. The number of H-pyrrole nitrogens is 1. The van der Waals surface area contributed by atoms with Gasteiger partial charge in [-0.15, -0.1) is 0 Å². The van der Waals surface area contributed by atoms with Crippen molar-refractivity contribution in [3.63, 3.8) is 0 Å². The van der Waals surface area contributed by atoms with Gasteiger partial charge in [-0.2, -0.15) is 35.1 Å². The molecule has 0 bridgehead atoms. The van der Waals surface area contributed by atoms with Crippen LogP contribution in [0.4, 0.5) is 13.2 Å². The molecule has 0 saturated carbocycles. The summed E-state index contributed by atoms with van der Waals surface area (Å²) >= 11 is 0. The Morgan fingerprint density at radius 1 is 1.09 bits per heavy atom. The van der Waals surface area contributed by atoms with Gasteiger partial charge in [-0.3, -0.25) is 9.65 Å². The van der Waals surface area contributed by atoms with E-state index in [1.54, 1.807) is 0 Å². The van der Waals surface area contributed by atoms with E-state index in [9.17, 15) is 30.0 Å². The third-order valence-corrected chi connectivity index (χ3v) is 4.42. The lowest BCUT2D eigenvalue weighted by Crippen LogP contribution is -2.18. The average molecular weight is 372 g/mol. The molecule has 1 aromatic heterocycles. The second kappa shape index (κ2) is 5.50. The van der Waals surface area contributed by atoms with Gasteiger partial charge in [0.25, 0.3) is 0 Å². The van der Waals surface area contributed by atoms with Gasteiger partial charge < -0.3 is 4.18 Å². The minimum Gasteiger partial charge on any atom is -0.378 e. The quantitative estimate of drug-likeness (QED) is 0.614. The van der Waals surface area contributed by atoms with Crippen molar-refractivity contribution in [3.05, 3.63) is 35.9 Å². The summed E-state index contributed by atoms with van der Waals surface area (Å²) in [4.78, 5) is 0. The first kappa shape index (κ1) is 17.2. The number of halogens is 3. The Morgan fingerprint density at radius 3 is 2.13 bits per heavy atom. The van der Waals surface area contributed by atoms with Crippen molar-refractivity contribution in [3.8, 4) is 5.75 Å². The van der Waals surface area contributed by atoms with Crippen molar-refractivity contribution in [2.45, 2.75) is 16.2 Å². The first-order chi connectivity index (χ1) is 10.4. The molecule has 0 aliphatic rings. The third-order valence-electron chi connectivity index (χ3n) is 2.43. The Balaban J connectivity index is 2.62. The standard InChI is InChI=1S/C10H7F3N2O6S2/c11-10(12,13)7-8(22(16,17)18)14-15-9(7)23(19,20)21-6-4-2-1-3-5-6/h1-5H,(H,14,15)(H,16,17,18). The predicted octanol–water partition coefficient (Wildman–Crippen LogP) is 1.44. The SMILES string of the molecule is O=S(=O)(O)c1n[nH]c(S(=O)(=O)Oc2ccccc2)c1C(F)(F)F. The topological polar surface area (TPSA) is 126 Å². The number of nitrogens with one attached hydrogen (secondary N) is 1. The normalized spacial score (nSPS) is 13.0. The van der Waals surface area contributed by atoms with E-state index in [1.165, 1.54) is 23.3 Å². The summed E-state index contributed by atoms with van der Waals surface area (Å²) in [7, 11) is -10.5. The maximum absolute atomic E-state index is 13.0. The molecule has 126 valence electrons. The molecule has 0 atom stereocenters. The molecule has 2 N–H and O–H groups in total. The molecule has 0 fully saturated rings. The highest BCUT2D eigenvalue weighted by molar-refractivity contribution is 7.87. The van der Waals surface area contributed by atoms with E-state index in [2.05, 4.69) is 9.28 Å². The molecule has 0 amide bonds. The van der Waals surface area contributed by atoms with Crippen LogP contribution >= 0.6 is 0 Å². The smallest absolute Gasteiger partial charge is 0.378 e. The highest BCUT2D eigenvalue weighted by Crippen LogP contribution is 2.38. The molecule has 13 heteroatoms. The molecule has 1 aromatic carbocycles. The zero-order valence-electron chi connectivity index (χ0n) is 10.8. The highest BCUT2D eigenvalue weighted by Gasteiger charge is 2.46. The maximum atomic E-state index is 13.0. The van der Waals surface area contributed by atoms with E-state index in [4.69, 9.17) is 4.55 Å². The number of nitrogens with zero attached hydrogens (tertiary/aromatic N) is 1. The molecular formula is C10H7F3N2O6S2. The fraction of sp³-hybridized carbons (Fsp3) is 0.100. The van der Waals surface area contributed by atoms with Crippen molar-refractivity contribution in [2.24, 2.45) is 0 Å². The molecule has 0 radical (unpaired) electrons. The molecular weight excluding hydrogens is 365 g/mol. The van der Waals surface area contributed by atoms with Crippen LogP contribution in [0, 0.1) is 0 Å². The Labute approximate surface area is 127 Å². The summed E-state index contributed by atoms with van der Waals surface area (Å²) in [5.41, 5.74) is -2.17. The van der Waals surface area contributed by atoms with Gasteiger partial charge in [-0.1, -0.05) is 18.2 Å². The lowest BCUT2D eigenvalue weighted by molar-refractivity contribution is -0.142. The van der Waals surface area contributed by atoms with Crippen LogP contribution in [0.5, 0.6) is 5.75 Å². The summed E-state index contributed by atoms with van der Waals surface area (Å²) in [6.45, 7) is 0. The molecule has 0 unspecified atom stereocenters. The fourth-order valence-electron chi connectivity index (χ4n) is 1.57. The van der Waals surface area contributed by atoms with Gasteiger partial charge in [0.15, 0.2) is 0 Å². The van der Waals surface area contributed by atoms with E-state index in [0.717, 1.165) is 12.1 Å². The van der Waals surface area contributed by atoms with E-state index in [0.29, 0.717) is 0 Å². The van der Waals surface area contributed by atoms with Crippen LogP contribution in [0.1, 0.15) is 5.56 Å². The van der Waals surface area contributed by atoms with Crippen LogP contribution in [0.25, 0.3) is 0 Å². The van der Waals surface area contributed by atoms with Gasteiger partial charge in [0.2, 0.25) is 10.1 Å². The minimum absolute atomic E-state index is 0.302. The lowest BCUT2D eigenvalue weighted by Gasteiger charge is -2.10. The minimum atomic E-state index is -5.43. The van der Waals surface area contributed by atoms with Crippen LogP contribution in [0.15, 0.2) is 40.4 Å². The van der Waals surface area contributed by atoms with E-state index in [1.807, 2.05) is 0 Å². The largest absolute Gasteiger partial charge is 0.422 e. The van der Waals surface area contributed by atoms with Gasteiger partial charge in [0.05, 0.1) is 0 Å². The van der Waals surface area contributed by atoms with Crippen LogP contribution in [-0.2, 0) is 26.4 Å². The number of para-hydroxylation sites is 1. The van der Waals surface area contributed by atoms with Crippen molar-refractivity contribution < 1.29 is 38.7 Å². The summed E-state index contributed by atoms with van der Waals surface area (Å²) < 4.78 is 97.9. The number of alkyl halides is 3. The lowest BCUT2D eigenvalue weighted by atomic mass is 10.3. The van der Waals surface area contributed by atoms with Gasteiger partial charge in [-0.25, -0.2) is 0 Å². The summed E-state index contributed by atoms with van der Waals surface area (Å²) in [6, 6.07) is 6.56. The summed E-state index contributed by atoms with van der Waals surface area (Å²) in [6.07, 6.45) is -5.43. The number of aromatic amines is 1. The second-order valence-corrected chi connectivity index (χ2v) is 6.88. The molecule has 2 rings (SSSR count). The zero-order chi connectivity index (χ0) is 17.5. The van der Waals surface area contributed by atoms with Crippen LogP contribution in [-0.4, -0.2) is 31.6 Å². The van der Waals surface area contributed by atoms with Crippen molar-refractivity contribution in [1.29, 1.82) is 0 Å². The predicted molar refractivity (Wildman–Crippen MR) is 67.7 cm³/mol. The van der Waals surface area contributed by atoms with Gasteiger partial charge >= 0.3 is 26.4 Å². The number of hydrogen-bond acceptors (Lipinski definition) is 6. The number of rotatable bonds is 4. The molecule has 2 aromatic rings. The Hall–Kier alpha value is -2.12. The monoisotopic (exact) mass is 372 g/mol. The second-order valence-electron chi connectivity index (χ2n) is 4.06. The molecule has 1 heterocycles.